The molecule has 1 unspecified atom stereocenters. The first-order valence-electron chi connectivity index (χ1n) is 13.9. The first kappa shape index (κ1) is 27.4. The van der Waals surface area contributed by atoms with Gasteiger partial charge in [0.15, 0.2) is 0 Å². The van der Waals surface area contributed by atoms with E-state index in [4.69, 9.17) is 0 Å². The van der Waals surface area contributed by atoms with Crippen molar-refractivity contribution in [2.45, 2.75) is 62.8 Å². The summed E-state index contributed by atoms with van der Waals surface area (Å²) < 4.78 is 39.2. The highest BCUT2D eigenvalue weighted by atomic mass is 32.1. The lowest BCUT2D eigenvalue weighted by Gasteiger charge is -2.39. The predicted octanol–water partition coefficient (Wildman–Crippen LogP) is 5.52. The van der Waals surface area contributed by atoms with Crippen molar-refractivity contribution in [3.05, 3.63) is 71.0 Å². The van der Waals surface area contributed by atoms with Crippen LogP contribution < -0.4 is 0 Å². The van der Waals surface area contributed by atoms with Gasteiger partial charge in [0.25, 0.3) is 0 Å². The number of likely N-dealkylation sites (tertiary alicyclic amines) is 2. The average Bonchev–Trinajstić information content (AvgIpc) is 3.71. The third kappa shape index (κ3) is 5.53. The molecule has 1 spiro atoms. The van der Waals surface area contributed by atoms with Gasteiger partial charge >= 0.3 is 6.18 Å². The van der Waals surface area contributed by atoms with E-state index in [0.717, 1.165) is 67.2 Å². The van der Waals surface area contributed by atoms with Crippen LogP contribution in [0.5, 0.6) is 0 Å². The summed E-state index contributed by atoms with van der Waals surface area (Å²) in [5.41, 5.74) is 0.479. The molecule has 0 bridgehead atoms. The molecule has 1 N–H and O–H groups in total. The van der Waals surface area contributed by atoms with E-state index < -0.39 is 17.3 Å². The first-order chi connectivity index (χ1) is 19.1. The van der Waals surface area contributed by atoms with Crippen LogP contribution in [0.25, 0.3) is 10.6 Å². The van der Waals surface area contributed by atoms with Crippen LogP contribution in [0, 0.1) is 5.41 Å². The molecule has 3 fully saturated rings. The second-order valence-electron chi connectivity index (χ2n) is 11.7. The molecular formula is C30H33F3N4O2S. The third-order valence-electron chi connectivity index (χ3n) is 9.09. The Morgan fingerprint density at radius 3 is 2.55 bits per heavy atom. The van der Waals surface area contributed by atoms with Crippen molar-refractivity contribution in [3.63, 3.8) is 0 Å². The van der Waals surface area contributed by atoms with E-state index in [9.17, 15) is 23.1 Å². The Bertz CT molecular complexity index is 1340. The number of rotatable bonds is 5. The van der Waals surface area contributed by atoms with E-state index in [1.807, 2.05) is 22.4 Å². The van der Waals surface area contributed by atoms with Gasteiger partial charge in [0, 0.05) is 54.4 Å². The molecule has 3 aromatic rings. The molecule has 0 radical (unpaired) electrons. The standard InChI is InChI=1S/C30H33F3N4O2S/c31-30(32,33)23-3-1-2-21(16-23)17-26(38)37-14-11-28(20-37)10-13-36(19-28)24-6-8-29(39,9-7-24)25-5-4-22(18-35-25)27-34-12-15-40-27/h1-5,12,15-16,18,24,39H,6-11,13-14,17,19-20H2. The van der Waals surface area contributed by atoms with Crippen molar-refractivity contribution in [3.8, 4) is 10.6 Å². The minimum absolute atomic E-state index is 0.0101. The largest absolute Gasteiger partial charge is 0.416 e. The van der Waals surface area contributed by atoms with Gasteiger partial charge in [-0.1, -0.05) is 18.2 Å². The number of benzene rings is 1. The smallest absolute Gasteiger partial charge is 0.384 e. The molecule has 1 saturated carbocycles. The summed E-state index contributed by atoms with van der Waals surface area (Å²) in [6.45, 7) is 3.20. The van der Waals surface area contributed by atoms with Gasteiger partial charge in [0.05, 0.1) is 17.7 Å². The summed E-state index contributed by atoms with van der Waals surface area (Å²) >= 11 is 1.56. The highest BCUT2D eigenvalue weighted by Crippen LogP contribution is 2.44. The Morgan fingerprint density at radius 1 is 1.05 bits per heavy atom. The number of amides is 1. The second-order valence-corrected chi connectivity index (χ2v) is 12.6. The van der Waals surface area contributed by atoms with Crippen molar-refractivity contribution in [1.82, 2.24) is 19.8 Å². The molecule has 40 heavy (non-hydrogen) atoms. The monoisotopic (exact) mass is 570 g/mol. The molecule has 6 rings (SSSR count). The van der Waals surface area contributed by atoms with Gasteiger partial charge in [-0.15, -0.1) is 11.3 Å². The van der Waals surface area contributed by atoms with Crippen LogP contribution >= 0.6 is 11.3 Å². The maximum atomic E-state index is 13.1. The fourth-order valence-corrected chi connectivity index (χ4v) is 7.40. The molecule has 1 atom stereocenters. The first-order valence-corrected chi connectivity index (χ1v) is 14.8. The number of carbonyl (C=O) groups is 1. The number of thiazole rings is 1. The van der Waals surface area contributed by atoms with Crippen LogP contribution in [0.2, 0.25) is 0 Å². The van der Waals surface area contributed by atoms with Crippen LogP contribution in [-0.2, 0) is 23.0 Å². The zero-order valence-corrected chi connectivity index (χ0v) is 23.1. The fraction of sp³-hybridized carbons (Fsp3) is 0.500. The Labute approximate surface area is 235 Å². The summed E-state index contributed by atoms with van der Waals surface area (Å²) in [7, 11) is 0. The molecule has 4 heterocycles. The average molecular weight is 571 g/mol. The molecule has 3 aliphatic rings. The maximum Gasteiger partial charge on any atom is 0.416 e. The Kier molecular flexibility index (Phi) is 7.21. The number of pyridine rings is 1. The van der Waals surface area contributed by atoms with Gasteiger partial charge < -0.3 is 10.0 Å². The van der Waals surface area contributed by atoms with E-state index in [1.54, 1.807) is 29.8 Å². The van der Waals surface area contributed by atoms with Crippen LogP contribution in [0.1, 0.15) is 55.3 Å². The molecule has 212 valence electrons. The third-order valence-corrected chi connectivity index (χ3v) is 9.91. The van der Waals surface area contributed by atoms with Crippen molar-refractivity contribution in [2.24, 2.45) is 5.41 Å². The summed E-state index contributed by atoms with van der Waals surface area (Å²) in [4.78, 5) is 26.3. The quantitative estimate of drug-likeness (QED) is 0.438. The lowest BCUT2D eigenvalue weighted by Crippen LogP contribution is -2.43. The van der Waals surface area contributed by atoms with E-state index in [2.05, 4.69) is 14.9 Å². The topological polar surface area (TPSA) is 69.6 Å². The number of hydrogen-bond donors (Lipinski definition) is 1. The number of aliphatic hydroxyl groups is 1. The lowest BCUT2D eigenvalue weighted by atomic mass is 9.79. The molecule has 2 aromatic heterocycles. The van der Waals surface area contributed by atoms with Crippen molar-refractivity contribution in [2.75, 3.05) is 26.2 Å². The molecule has 1 amide bonds. The van der Waals surface area contributed by atoms with Crippen LogP contribution in [0.3, 0.4) is 0 Å². The molecule has 1 aliphatic carbocycles. The number of carbonyl (C=O) groups excluding carboxylic acids is 1. The Morgan fingerprint density at radius 2 is 1.85 bits per heavy atom. The number of halogens is 3. The molecule has 2 saturated heterocycles. The normalized spacial score (nSPS) is 27.5. The second kappa shape index (κ2) is 10.5. The fourth-order valence-electron chi connectivity index (χ4n) is 6.77. The summed E-state index contributed by atoms with van der Waals surface area (Å²) in [6, 6.07) is 9.37. The van der Waals surface area contributed by atoms with Gasteiger partial charge in [-0.2, -0.15) is 13.2 Å². The Balaban J connectivity index is 1.02. The molecule has 2 aliphatic heterocycles. The highest BCUT2D eigenvalue weighted by molar-refractivity contribution is 7.13. The summed E-state index contributed by atoms with van der Waals surface area (Å²) in [6.07, 6.45) is 4.17. The zero-order chi connectivity index (χ0) is 28.0. The van der Waals surface area contributed by atoms with E-state index >= 15 is 0 Å². The summed E-state index contributed by atoms with van der Waals surface area (Å²) in [5, 5.41) is 14.3. The Hall–Kier alpha value is -2.82. The predicted molar refractivity (Wildman–Crippen MR) is 146 cm³/mol. The minimum Gasteiger partial charge on any atom is -0.384 e. The van der Waals surface area contributed by atoms with Gasteiger partial charge in [-0.3, -0.25) is 14.7 Å². The molecular weight excluding hydrogens is 537 g/mol. The minimum atomic E-state index is -4.41. The van der Waals surface area contributed by atoms with Crippen LogP contribution in [-0.4, -0.2) is 63.0 Å². The van der Waals surface area contributed by atoms with Crippen molar-refractivity contribution < 1.29 is 23.1 Å². The van der Waals surface area contributed by atoms with Gasteiger partial charge in [-0.05, 0) is 68.8 Å². The molecule has 10 heteroatoms. The highest BCUT2D eigenvalue weighted by Gasteiger charge is 2.47. The van der Waals surface area contributed by atoms with Gasteiger partial charge in [0.2, 0.25) is 5.91 Å². The SMILES string of the molecule is O=C(Cc1cccc(C(F)(F)F)c1)N1CCC2(CCN(C3CCC(O)(c4ccc(-c5nccs5)cn4)CC3)C2)C1. The van der Waals surface area contributed by atoms with E-state index in [0.29, 0.717) is 37.5 Å². The number of aromatic nitrogens is 2. The number of hydrogen-bond acceptors (Lipinski definition) is 6. The van der Waals surface area contributed by atoms with Gasteiger partial charge in [-0.25, -0.2) is 4.98 Å². The van der Waals surface area contributed by atoms with Crippen LogP contribution in [0.15, 0.2) is 54.2 Å². The lowest BCUT2D eigenvalue weighted by molar-refractivity contribution is -0.138. The maximum absolute atomic E-state index is 13.1. The molecule has 6 nitrogen and oxygen atoms in total. The van der Waals surface area contributed by atoms with Crippen molar-refractivity contribution in [1.29, 1.82) is 0 Å². The van der Waals surface area contributed by atoms with Crippen molar-refractivity contribution >= 4 is 17.2 Å². The molecule has 1 aromatic carbocycles. The number of alkyl halides is 3. The van der Waals surface area contributed by atoms with Gasteiger partial charge in [0.1, 0.15) is 10.6 Å². The number of nitrogens with zero attached hydrogens (tertiary/aromatic N) is 4. The zero-order valence-electron chi connectivity index (χ0n) is 22.2. The summed E-state index contributed by atoms with van der Waals surface area (Å²) in [5.74, 6) is -0.106. The van der Waals surface area contributed by atoms with E-state index in [1.165, 1.54) is 6.07 Å². The van der Waals surface area contributed by atoms with E-state index in [-0.39, 0.29) is 17.7 Å². The van der Waals surface area contributed by atoms with Crippen LogP contribution in [0.4, 0.5) is 13.2 Å².